The summed E-state index contributed by atoms with van der Waals surface area (Å²) in [6.45, 7) is 5.50. The molecule has 2 saturated heterocycles. The average molecular weight is 318 g/mol. The Bertz CT molecular complexity index is 584. The van der Waals surface area contributed by atoms with Gasteiger partial charge in [-0.1, -0.05) is 12.1 Å². The van der Waals surface area contributed by atoms with Crippen molar-refractivity contribution in [3.8, 4) is 0 Å². The van der Waals surface area contributed by atoms with E-state index in [1.54, 1.807) is 11.8 Å². The summed E-state index contributed by atoms with van der Waals surface area (Å²) in [5, 5.41) is 0. The van der Waals surface area contributed by atoms with E-state index in [1.165, 1.54) is 0 Å². The third-order valence-electron chi connectivity index (χ3n) is 4.27. The minimum absolute atomic E-state index is 0.0243. The summed E-state index contributed by atoms with van der Waals surface area (Å²) < 4.78 is 10.5. The first-order chi connectivity index (χ1) is 11.2. The number of ether oxygens (including phenoxy) is 2. The van der Waals surface area contributed by atoms with E-state index >= 15 is 0 Å². The Morgan fingerprint density at radius 3 is 2.65 bits per heavy atom. The molecule has 0 aliphatic carbocycles. The second kappa shape index (κ2) is 7.00. The van der Waals surface area contributed by atoms with Crippen LogP contribution in [0.15, 0.2) is 24.3 Å². The molecular formula is C17H22N2O4. The van der Waals surface area contributed by atoms with Gasteiger partial charge in [0.2, 0.25) is 5.91 Å². The van der Waals surface area contributed by atoms with Gasteiger partial charge in [0.25, 0.3) is 0 Å². The minimum Gasteiger partial charge on any atom is -0.466 e. The highest BCUT2D eigenvalue weighted by molar-refractivity contribution is 6.01. The number of anilines is 2. The lowest BCUT2D eigenvalue weighted by Crippen LogP contribution is -2.38. The summed E-state index contributed by atoms with van der Waals surface area (Å²) in [4.78, 5) is 28.3. The van der Waals surface area contributed by atoms with Crippen LogP contribution in [0.4, 0.5) is 11.4 Å². The third-order valence-corrected chi connectivity index (χ3v) is 4.27. The second-order valence-corrected chi connectivity index (χ2v) is 5.75. The maximum absolute atomic E-state index is 12.4. The van der Waals surface area contributed by atoms with E-state index in [2.05, 4.69) is 4.90 Å². The molecule has 0 N–H and O–H groups in total. The second-order valence-electron chi connectivity index (χ2n) is 5.75. The number of para-hydroxylation sites is 2. The van der Waals surface area contributed by atoms with Gasteiger partial charge in [0.15, 0.2) is 0 Å². The summed E-state index contributed by atoms with van der Waals surface area (Å²) in [6.07, 6.45) is 0.219. The maximum Gasteiger partial charge on any atom is 0.311 e. The van der Waals surface area contributed by atoms with Crippen LogP contribution in [-0.4, -0.2) is 51.3 Å². The summed E-state index contributed by atoms with van der Waals surface area (Å²) in [7, 11) is 0. The van der Waals surface area contributed by atoms with Crippen LogP contribution in [0.3, 0.4) is 0 Å². The molecule has 2 aliphatic heterocycles. The van der Waals surface area contributed by atoms with E-state index in [1.807, 2.05) is 24.3 Å². The molecule has 0 bridgehead atoms. The summed E-state index contributed by atoms with van der Waals surface area (Å²) in [5.74, 6) is -0.684. The highest BCUT2D eigenvalue weighted by Crippen LogP contribution is 2.34. The zero-order chi connectivity index (χ0) is 16.2. The fourth-order valence-electron chi connectivity index (χ4n) is 3.12. The Morgan fingerprint density at radius 2 is 1.96 bits per heavy atom. The third kappa shape index (κ3) is 3.32. The molecule has 23 heavy (non-hydrogen) atoms. The maximum atomic E-state index is 12.4. The van der Waals surface area contributed by atoms with Gasteiger partial charge in [0, 0.05) is 26.1 Å². The molecule has 1 unspecified atom stereocenters. The minimum atomic E-state index is -0.375. The van der Waals surface area contributed by atoms with Crippen LogP contribution >= 0.6 is 0 Å². The van der Waals surface area contributed by atoms with Crippen molar-refractivity contribution in [2.45, 2.75) is 13.3 Å². The number of esters is 1. The number of hydrogen-bond donors (Lipinski definition) is 0. The molecule has 2 fully saturated rings. The number of carbonyl (C=O) groups excluding carboxylic acids is 2. The number of benzene rings is 1. The van der Waals surface area contributed by atoms with E-state index in [4.69, 9.17) is 9.47 Å². The van der Waals surface area contributed by atoms with Crippen molar-refractivity contribution in [3.63, 3.8) is 0 Å². The van der Waals surface area contributed by atoms with Crippen molar-refractivity contribution in [2.24, 2.45) is 5.92 Å². The predicted octanol–water partition coefficient (Wildman–Crippen LogP) is 1.44. The number of amides is 1. The molecule has 0 aromatic heterocycles. The first kappa shape index (κ1) is 15.8. The van der Waals surface area contributed by atoms with Crippen molar-refractivity contribution in [2.75, 3.05) is 49.3 Å². The molecule has 0 spiro atoms. The molecule has 2 heterocycles. The van der Waals surface area contributed by atoms with Crippen LogP contribution in [0.1, 0.15) is 13.3 Å². The van der Waals surface area contributed by atoms with Crippen LogP contribution in [0, 0.1) is 5.92 Å². The standard InChI is InChI=1S/C17H22N2O4/c1-2-23-17(21)13-11-16(20)19(12-13)15-6-4-3-5-14(15)18-7-9-22-10-8-18/h3-6,13H,2,7-12H2,1H3. The van der Waals surface area contributed by atoms with Crippen molar-refractivity contribution < 1.29 is 19.1 Å². The number of carbonyl (C=O) groups is 2. The molecule has 1 aromatic rings. The van der Waals surface area contributed by atoms with Crippen LogP contribution in [-0.2, 0) is 19.1 Å². The molecule has 0 saturated carbocycles. The molecule has 2 aliphatic rings. The van der Waals surface area contributed by atoms with E-state index in [9.17, 15) is 9.59 Å². The lowest BCUT2D eigenvalue weighted by molar-refractivity contribution is -0.147. The van der Waals surface area contributed by atoms with Crippen molar-refractivity contribution >= 4 is 23.3 Å². The highest BCUT2D eigenvalue weighted by atomic mass is 16.5. The fourth-order valence-corrected chi connectivity index (χ4v) is 3.12. The SMILES string of the molecule is CCOC(=O)C1CC(=O)N(c2ccccc2N2CCOCC2)C1. The molecule has 1 aromatic carbocycles. The van der Waals surface area contributed by atoms with Gasteiger partial charge in [0.1, 0.15) is 0 Å². The Morgan fingerprint density at radius 1 is 1.26 bits per heavy atom. The highest BCUT2D eigenvalue weighted by Gasteiger charge is 2.37. The number of morpholine rings is 1. The molecule has 6 nitrogen and oxygen atoms in total. The molecule has 1 atom stereocenters. The normalized spacial score (nSPS) is 21.6. The number of nitrogens with zero attached hydrogens (tertiary/aromatic N) is 2. The van der Waals surface area contributed by atoms with Crippen LogP contribution < -0.4 is 9.80 Å². The number of rotatable bonds is 4. The van der Waals surface area contributed by atoms with Gasteiger partial charge in [-0.15, -0.1) is 0 Å². The number of hydrogen-bond acceptors (Lipinski definition) is 5. The van der Waals surface area contributed by atoms with Crippen molar-refractivity contribution in [3.05, 3.63) is 24.3 Å². The monoisotopic (exact) mass is 318 g/mol. The molecule has 1 amide bonds. The summed E-state index contributed by atoms with van der Waals surface area (Å²) in [6, 6.07) is 7.85. The summed E-state index contributed by atoms with van der Waals surface area (Å²) in [5.41, 5.74) is 1.89. The average Bonchev–Trinajstić information content (AvgIpc) is 2.98. The molecular weight excluding hydrogens is 296 g/mol. The largest absolute Gasteiger partial charge is 0.466 e. The smallest absolute Gasteiger partial charge is 0.311 e. The van der Waals surface area contributed by atoms with Gasteiger partial charge in [-0.05, 0) is 19.1 Å². The van der Waals surface area contributed by atoms with Crippen LogP contribution in [0.5, 0.6) is 0 Å². The Labute approximate surface area is 136 Å². The van der Waals surface area contributed by atoms with Gasteiger partial charge in [-0.25, -0.2) is 0 Å². The van der Waals surface area contributed by atoms with E-state index in [-0.39, 0.29) is 24.2 Å². The zero-order valence-electron chi connectivity index (χ0n) is 13.4. The lowest BCUT2D eigenvalue weighted by atomic mass is 10.1. The van der Waals surface area contributed by atoms with Gasteiger partial charge in [-0.2, -0.15) is 0 Å². The molecule has 3 rings (SSSR count). The lowest BCUT2D eigenvalue weighted by Gasteiger charge is -2.32. The fraction of sp³-hybridized carbons (Fsp3) is 0.529. The molecule has 124 valence electrons. The first-order valence-corrected chi connectivity index (χ1v) is 8.09. The van der Waals surface area contributed by atoms with Gasteiger partial charge in [-0.3, -0.25) is 9.59 Å². The van der Waals surface area contributed by atoms with Crippen LogP contribution in [0.25, 0.3) is 0 Å². The predicted molar refractivity (Wildman–Crippen MR) is 86.6 cm³/mol. The van der Waals surface area contributed by atoms with E-state index in [0.29, 0.717) is 26.4 Å². The van der Waals surface area contributed by atoms with Crippen molar-refractivity contribution in [1.82, 2.24) is 0 Å². The van der Waals surface area contributed by atoms with Gasteiger partial charge >= 0.3 is 5.97 Å². The first-order valence-electron chi connectivity index (χ1n) is 8.09. The van der Waals surface area contributed by atoms with E-state index < -0.39 is 0 Å². The Balaban J connectivity index is 1.81. The Kier molecular flexibility index (Phi) is 4.81. The quantitative estimate of drug-likeness (QED) is 0.786. The van der Waals surface area contributed by atoms with Gasteiger partial charge < -0.3 is 19.3 Å². The van der Waals surface area contributed by atoms with Gasteiger partial charge in [0.05, 0.1) is 37.1 Å². The topological polar surface area (TPSA) is 59.1 Å². The van der Waals surface area contributed by atoms with Crippen molar-refractivity contribution in [1.29, 1.82) is 0 Å². The molecule has 0 radical (unpaired) electrons. The zero-order valence-corrected chi connectivity index (χ0v) is 13.4. The van der Waals surface area contributed by atoms with E-state index in [0.717, 1.165) is 24.5 Å². The van der Waals surface area contributed by atoms with Crippen LogP contribution in [0.2, 0.25) is 0 Å². The Hall–Kier alpha value is -2.08. The summed E-state index contributed by atoms with van der Waals surface area (Å²) >= 11 is 0. The molecule has 6 heteroatoms.